The summed E-state index contributed by atoms with van der Waals surface area (Å²) in [7, 11) is 0. The maximum absolute atomic E-state index is 13.3. The molecule has 2 aromatic carbocycles. The number of hydrogen-bond donors (Lipinski definition) is 2. The Bertz CT molecular complexity index is 1080. The summed E-state index contributed by atoms with van der Waals surface area (Å²) in [6.07, 6.45) is 1.86. The highest BCUT2D eigenvalue weighted by Gasteiger charge is 2.23. The minimum Gasteiger partial charge on any atom is -0.267 e. The second-order valence-electron chi connectivity index (χ2n) is 6.13. The van der Waals surface area contributed by atoms with Crippen molar-refractivity contribution in [2.24, 2.45) is 0 Å². The highest BCUT2D eigenvalue weighted by molar-refractivity contribution is 6.05. The fourth-order valence-corrected chi connectivity index (χ4v) is 2.88. The molecule has 0 radical (unpaired) electrons. The average Bonchev–Trinajstić information content (AvgIpc) is 3.01. The Labute approximate surface area is 149 Å². The molecule has 26 heavy (non-hydrogen) atoms. The number of imidazole rings is 1. The summed E-state index contributed by atoms with van der Waals surface area (Å²) in [4.78, 5) is 16.0. The quantitative estimate of drug-likeness (QED) is 0.539. The Morgan fingerprint density at radius 3 is 2.46 bits per heavy atom. The van der Waals surface area contributed by atoms with Crippen molar-refractivity contribution in [3.8, 4) is 11.3 Å². The van der Waals surface area contributed by atoms with Crippen LogP contribution in [0.25, 0.3) is 16.9 Å². The number of aromatic amines is 1. The summed E-state index contributed by atoms with van der Waals surface area (Å²) in [6, 6.07) is 19.3. The van der Waals surface area contributed by atoms with Crippen LogP contribution in [0.1, 0.15) is 15.9 Å². The molecule has 0 fully saturated rings. The number of fused-ring (bicyclic) bond motifs is 1. The normalized spacial score (nSPS) is 10.8. The first-order valence-corrected chi connectivity index (χ1v) is 8.28. The van der Waals surface area contributed by atoms with Crippen LogP contribution in [-0.2, 0) is 0 Å². The fraction of sp³-hybridized carbons (Fsp3) is 0.0476. The molecule has 2 aromatic heterocycles. The molecule has 0 aliphatic rings. The molecule has 0 aliphatic carbocycles. The molecule has 0 spiro atoms. The zero-order valence-corrected chi connectivity index (χ0v) is 14.2. The van der Waals surface area contributed by atoms with Crippen molar-refractivity contribution in [1.29, 1.82) is 0 Å². The van der Waals surface area contributed by atoms with Gasteiger partial charge >= 0.3 is 5.91 Å². The summed E-state index contributed by atoms with van der Waals surface area (Å²) < 4.78 is 15.2. The number of benzene rings is 2. The van der Waals surface area contributed by atoms with E-state index in [0.717, 1.165) is 22.5 Å². The van der Waals surface area contributed by atoms with E-state index in [1.807, 2.05) is 47.9 Å². The Balaban J connectivity index is 1.79. The zero-order chi connectivity index (χ0) is 18.1. The lowest BCUT2D eigenvalue weighted by molar-refractivity contribution is -0.493. The predicted molar refractivity (Wildman–Crippen MR) is 98.5 cm³/mol. The van der Waals surface area contributed by atoms with Gasteiger partial charge in [-0.15, -0.1) is 0 Å². The first kappa shape index (κ1) is 16.0. The molecule has 128 valence electrons. The standard InChI is InChI=1S/C21H16FN3O/c1-14-5-7-16(8-6-14)21(26)24-20-19(15-9-11-17(22)12-10-15)23-18-4-2-3-13-25(18)20/h2-13H,1H3,(H,24,26)/p+1. The maximum atomic E-state index is 13.3. The van der Waals surface area contributed by atoms with E-state index in [1.54, 1.807) is 24.3 Å². The molecule has 0 saturated heterocycles. The van der Waals surface area contributed by atoms with Crippen LogP contribution in [0.4, 0.5) is 10.2 Å². The molecule has 5 heteroatoms. The largest absolute Gasteiger partial charge is 0.311 e. The fourth-order valence-electron chi connectivity index (χ4n) is 2.88. The topological polar surface area (TPSA) is 49.0 Å². The maximum Gasteiger partial charge on any atom is 0.311 e. The van der Waals surface area contributed by atoms with Crippen molar-refractivity contribution in [2.45, 2.75) is 6.92 Å². The van der Waals surface area contributed by atoms with E-state index in [1.165, 1.54) is 12.1 Å². The van der Waals surface area contributed by atoms with Gasteiger partial charge in [0.25, 0.3) is 5.82 Å². The average molecular weight is 346 g/mol. The van der Waals surface area contributed by atoms with Crippen LogP contribution in [0.3, 0.4) is 0 Å². The molecule has 0 saturated carbocycles. The van der Waals surface area contributed by atoms with Crippen LogP contribution in [-0.4, -0.2) is 10.9 Å². The van der Waals surface area contributed by atoms with Crippen LogP contribution < -0.4 is 9.72 Å². The van der Waals surface area contributed by atoms with Gasteiger partial charge in [-0.25, -0.2) is 14.1 Å². The van der Waals surface area contributed by atoms with Crippen molar-refractivity contribution >= 4 is 17.4 Å². The minimum atomic E-state index is -0.303. The molecule has 2 heterocycles. The SMILES string of the molecule is Cc1ccc(C(=O)Nc2c(-c3ccc(F)cc3)[nH]c3cccc[n+]23)cc1. The zero-order valence-electron chi connectivity index (χ0n) is 14.2. The molecule has 2 N–H and O–H groups in total. The Kier molecular flexibility index (Phi) is 3.97. The highest BCUT2D eigenvalue weighted by atomic mass is 19.1. The van der Waals surface area contributed by atoms with Crippen molar-refractivity contribution < 1.29 is 13.6 Å². The lowest BCUT2D eigenvalue weighted by Crippen LogP contribution is -2.26. The first-order chi connectivity index (χ1) is 12.6. The lowest BCUT2D eigenvalue weighted by atomic mass is 10.1. The number of H-pyrrole nitrogens is 1. The second-order valence-corrected chi connectivity index (χ2v) is 6.13. The van der Waals surface area contributed by atoms with Gasteiger partial charge in [-0.05, 0) is 49.4 Å². The van der Waals surface area contributed by atoms with Crippen molar-refractivity contribution in [3.63, 3.8) is 0 Å². The number of carbonyl (C=O) groups excluding carboxylic acids is 1. The third-order valence-electron chi connectivity index (χ3n) is 4.27. The van der Waals surface area contributed by atoms with E-state index in [9.17, 15) is 9.18 Å². The number of amides is 1. The molecule has 4 rings (SSSR count). The summed E-state index contributed by atoms with van der Waals surface area (Å²) in [5.74, 6) is 0.103. The Morgan fingerprint density at radius 1 is 1.00 bits per heavy atom. The van der Waals surface area contributed by atoms with Crippen LogP contribution in [0.15, 0.2) is 72.9 Å². The molecular formula is C21H17FN3O+. The van der Waals surface area contributed by atoms with Crippen LogP contribution >= 0.6 is 0 Å². The van der Waals surface area contributed by atoms with Gasteiger partial charge in [0.05, 0.1) is 11.8 Å². The molecule has 0 unspecified atom stereocenters. The van der Waals surface area contributed by atoms with Gasteiger partial charge in [0, 0.05) is 11.6 Å². The number of aryl methyl sites for hydroxylation is 1. The number of halogens is 1. The van der Waals surface area contributed by atoms with Gasteiger partial charge in [-0.2, -0.15) is 0 Å². The van der Waals surface area contributed by atoms with Gasteiger partial charge in [-0.1, -0.05) is 23.8 Å². The number of carbonyl (C=O) groups is 1. The Hall–Kier alpha value is -3.47. The summed E-state index contributed by atoms with van der Waals surface area (Å²) in [5.41, 5.74) is 4.00. The Morgan fingerprint density at radius 2 is 1.73 bits per heavy atom. The molecule has 4 aromatic rings. The van der Waals surface area contributed by atoms with Gasteiger partial charge in [-0.3, -0.25) is 9.78 Å². The van der Waals surface area contributed by atoms with Crippen LogP contribution in [0.5, 0.6) is 0 Å². The minimum absolute atomic E-state index is 0.203. The molecule has 0 aliphatic heterocycles. The van der Waals surface area contributed by atoms with E-state index in [2.05, 4.69) is 10.3 Å². The third-order valence-corrected chi connectivity index (χ3v) is 4.27. The van der Waals surface area contributed by atoms with Gasteiger partial charge in [0.15, 0.2) is 5.69 Å². The van der Waals surface area contributed by atoms with Gasteiger partial charge in [0.1, 0.15) is 5.82 Å². The third kappa shape index (κ3) is 2.95. The summed E-state index contributed by atoms with van der Waals surface area (Å²) in [5, 5.41) is 2.98. The smallest absolute Gasteiger partial charge is 0.267 e. The van der Waals surface area contributed by atoms with E-state index in [4.69, 9.17) is 0 Å². The van der Waals surface area contributed by atoms with E-state index in [-0.39, 0.29) is 11.7 Å². The number of nitrogens with one attached hydrogen (secondary N) is 2. The molecule has 4 nitrogen and oxygen atoms in total. The molecule has 1 amide bonds. The predicted octanol–water partition coefficient (Wildman–Crippen LogP) is 4.12. The van der Waals surface area contributed by atoms with Gasteiger partial charge < -0.3 is 0 Å². The number of hydrogen-bond acceptors (Lipinski definition) is 1. The monoisotopic (exact) mass is 346 g/mol. The lowest BCUT2D eigenvalue weighted by Gasteiger charge is -2.03. The molecule has 0 bridgehead atoms. The van der Waals surface area contributed by atoms with Crippen LogP contribution in [0.2, 0.25) is 0 Å². The number of pyridine rings is 1. The summed E-state index contributed by atoms with van der Waals surface area (Å²) in [6.45, 7) is 1.98. The van der Waals surface area contributed by atoms with Crippen molar-refractivity contribution in [2.75, 3.05) is 5.32 Å². The number of nitrogens with zero attached hydrogens (tertiary/aromatic N) is 1. The highest BCUT2D eigenvalue weighted by Crippen LogP contribution is 2.25. The van der Waals surface area contributed by atoms with Gasteiger partial charge in [0.2, 0.25) is 5.65 Å². The van der Waals surface area contributed by atoms with E-state index in [0.29, 0.717) is 11.4 Å². The molecule has 0 atom stereocenters. The van der Waals surface area contributed by atoms with Crippen molar-refractivity contribution in [3.05, 3.63) is 89.9 Å². The second kappa shape index (κ2) is 6.44. The van der Waals surface area contributed by atoms with Crippen molar-refractivity contribution in [1.82, 2.24) is 4.98 Å². The number of anilines is 1. The van der Waals surface area contributed by atoms with E-state index >= 15 is 0 Å². The van der Waals surface area contributed by atoms with Crippen LogP contribution in [0, 0.1) is 12.7 Å². The molecular weight excluding hydrogens is 329 g/mol. The van der Waals surface area contributed by atoms with E-state index < -0.39 is 0 Å². The summed E-state index contributed by atoms with van der Waals surface area (Å²) >= 11 is 0. The number of rotatable bonds is 3. The number of aromatic nitrogens is 2. The first-order valence-electron chi connectivity index (χ1n) is 8.28.